The summed E-state index contributed by atoms with van der Waals surface area (Å²) in [6.07, 6.45) is 0.750. The maximum Gasteiger partial charge on any atom is 0.116 e. The van der Waals surface area contributed by atoms with Crippen LogP contribution in [0.4, 0.5) is 0 Å². The first-order chi connectivity index (χ1) is 2.41. The van der Waals surface area contributed by atoms with E-state index in [2.05, 4.69) is 0 Å². The van der Waals surface area contributed by atoms with Crippen molar-refractivity contribution in [3.63, 3.8) is 0 Å². The molecule has 0 saturated carbocycles. The molecule has 38 valence electrons. The highest BCUT2D eigenvalue weighted by Crippen LogP contribution is 1.13. The van der Waals surface area contributed by atoms with E-state index in [4.69, 9.17) is 9.59 Å². The molecule has 0 rings (SSSR count). The zero-order chi connectivity index (χ0) is 4.71. The maximum atomic E-state index is 8.81. The van der Waals surface area contributed by atoms with Gasteiger partial charge in [-0.25, -0.2) is 0 Å². The molecule has 0 saturated heterocycles. The second-order valence-electron chi connectivity index (χ2n) is 0.236. The molecule has 6 heavy (non-hydrogen) atoms. The first-order valence-corrected chi connectivity index (χ1v) is 1.10. The van der Waals surface area contributed by atoms with Crippen molar-refractivity contribution in [2.45, 2.75) is 6.92 Å². The predicted octanol–water partition coefficient (Wildman–Crippen LogP) is -0.804. The lowest BCUT2D eigenvalue weighted by Crippen LogP contribution is -1.36. The van der Waals surface area contributed by atoms with Crippen molar-refractivity contribution in [3.05, 3.63) is 0 Å². The van der Waals surface area contributed by atoms with Crippen LogP contribution in [0.2, 0.25) is 0 Å². The van der Waals surface area contributed by atoms with E-state index < -0.39 is 0 Å². The van der Waals surface area contributed by atoms with E-state index in [0.29, 0.717) is 0 Å². The Morgan fingerprint density at radius 2 is 1.50 bits per heavy atom. The Bertz CT molecular complexity index is 20.0. The lowest BCUT2D eigenvalue weighted by Gasteiger charge is -1.23. The van der Waals surface area contributed by atoms with Crippen LogP contribution in [0.3, 0.4) is 0 Å². The fraction of sp³-hybridized carbons (Fsp3) is 0.333. The molecule has 3 nitrogen and oxygen atoms in total. The fourth-order valence-corrected chi connectivity index (χ4v) is 0. The van der Waals surface area contributed by atoms with Gasteiger partial charge >= 0.3 is 0 Å². The van der Waals surface area contributed by atoms with E-state index in [-0.39, 0.29) is 5.48 Å². The van der Waals surface area contributed by atoms with E-state index in [1.54, 1.807) is 0 Å². The molecule has 0 bridgehead atoms. The van der Waals surface area contributed by atoms with Crippen LogP contribution in [0.1, 0.15) is 6.92 Å². The van der Waals surface area contributed by atoms with E-state index in [0.717, 1.165) is 6.29 Å². The first-order valence-electron chi connectivity index (χ1n) is 1.10. The third-order valence-corrected chi connectivity index (χ3v) is 0. The normalized spacial score (nSPS) is 2.83. The number of carbonyl (C=O) groups excluding carboxylic acids is 2. The molecule has 0 atom stereocenters. The smallest absolute Gasteiger partial charge is 0.116 e. The molecule has 0 unspecified atom stereocenters. The van der Waals surface area contributed by atoms with E-state index in [1.165, 1.54) is 6.92 Å². The highest BCUT2D eigenvalue weighted by molar-refractivity contribution is 5.44. The minimum absolute atomic E-state index is 0. The number of hydrogen-bond acceptors (Lipinski definition) is 2. The predicted molar refractivity (Wildman–Crippen MR) is 22.5 cm³/mol. The van der Waals surface area contributed by atoms with Crippen molar-refractivity contribution >= 4 is 13.1 Å². The van der Waals surface area contributed by atoms with Gasteiger partial charge in [0.25, 0.3) is 0 Å². The van der Waals surface area contributed by atoms with Gasteiger partial charge in [-0.05, 0) is 6.92 Å². The highest BCUT2D eigenvalue weighted by Gasteiger charge is 1.24. The second kappa shape index (κ2) is 520. The molecule has 0 aliphatic heterocycles. The maximum absolute atomic E-state index is 8.81. The molecule has 0 aromatic rings. The number of carbonyl (C=O) groups is 2. The summed E-state index contributed by atoms with van der Waals surface area (Å²) < 4.78 is 0. The summed E-state index contributed by atoms with van der Waals surface area (Å²) in [4.78, 5) is 16.8. The van der Waals surface area contributed by atoms with Crippen molar-refractivity contribution in [1.29, 1.82) is 0 Å². The highest BCUT2D eigenvalue weighted by atomic mass is 16.1. The van der Waals surface area contributed by atoms with Crippen LogP contribution in [0, 0.1) is 0 Å². The molecule has 2 N–H and O–H groups in total. The summed E-state index contributed by atoms with van der Waals surface area (Å²) in [5.41, 5.74) is 0. The molecule has 0 spiro atoms. The molecule has 0 aliphatic rings. The van der Waals surface area contributed by atoms with Crippen LogP contribution in [-0.2, 0) is 9.59 Å². The molecular formula is C3H8O3. The molecule has 0 aromatic carbocycles. The average molecular weight is 92.1 g/mol. The summed E-state index contributed by atoms with van der Waals surface area (Å²) in [6, 6.07) is 0. The van der Waals surface area contributed by atoms with Gasteiger partial charge in [-0.15, -0.1) is 0 Å². The third-order valence-electron chi connectivity index (χ3n) is 0. The third kappa shape index (κ3) is 35.6. The zero-order valence-electron chi connectivity index (χ0n) is 3.60. The summed E-state index contributed by atoms with van der Waals surface area (Å²) in [5, 5.41) is 0. The Hall–Kier alpha value is -0.700. The van der Waals surface area contributed by atoms with Crippen molar-refractivity contribution in [2.75, 3.05) is 0 Å². The SMILES string of the molecule is C=O.CC=O.O. The van der Waals surface area contributed by atoms with Gasteiger partial charge in [0.2, 0.25) is 0 Å². The quantitative estimate of drug-likeness (QED) is 0.367. The van der Waals surface area contributed by atoms with Gasteiger partial charge in [0, 0.05) is 0 Å². The molecular weight excluding hydrogens is 84.0 g/mol. The van der Waals surface area contributed by atoms with Gasteiger partial charge in [0.1, 0.15) is 13.1 Å². The monoisotopic (exact) mass is 92.0 g/mol. The Morgan fingerprint density at radius 3 is 1.50 bits per heavy atom. The molecule has 0 aliphatic carbocycles. The lowest BCUT2D eigenvalue weighted by atomic mass is 11.0. The van der Waals surface area contributed by atoms with Crippen molar-refractivity contribution in [1.82, 2.24) is 0 Å². The lowest BCUT2D eigenvalue weighted by molar-refractivity contribution is -0.106. The number of aldehydes is 1. The van der Waals surface area contributed by atoms with Crippen molar-refractivity contribution in [2.24, 2.45) is 0 Å². The Labute approximate surface area is 36.3 Å². The molecule has 0 aromatic heterocycles. The van der Waals surface area contributed by atoms with Gasteiger partial charge < -0.3 is 15.1 Å². The van der Waals surface area contributed by atoms with Crippen molar-refractivity contribution in [3.8, 4) is 0 Å². The van der Waals surface area contributed by atoms with E-state index in [1.807, 2.05) is 6.79 Å². The van der Waals surface area contributed by atoms with Crippen LogP contribution in [0.25, 0.3) is 0 Å². The van der Waals surface area contributed by atoms with Gasteiger partial charge in [0.15, 0.2) is 0 Å². The number of rotatable bonds is 0. The standard InChI is InChI=1S/C2H4O.CH2O.H2O/c1-2-3;1-2;/h2H,1H3;1H2;1H2. The van der Waals surface area contributed by atoms with Gasteiger partial charge in [-0.2, -0.15) is 0 Å². The largest absolute Gasteiger partial charge is 0.412 e. The zero-order valence-corrected chi connectivity index (χ0v) is 3.60. The van der Waals surface area contributed by atoms with Crippen LogP contribution in [-0.4, -0.2) is 18.6 Å². The molecule has 3 heteroatoms. The van der Waals surface area contributed by atoms with Crippen LogP contribution in [0.15, 0.2) is 0 Å². The van der Waals surface area contributed by atoms with E-state index in [9.17, 15) is 0 Å². The van der Waals surface area contributed by atoms with Gasteiger partial charge in [0.05, 0.1) is 0 Å². The summed E-state index contributed by atoms with van der Waals surface area (Å²) >= 11 is 0. The number of hydrogen-bond donors (Lipinski definition) is 0. The molecule has 0 amide bonds. The Morgan fingerprint density at radius 1 is 1.50 bits per heavy atom. The Balaban J connectivity index is -0.0000000275. The van der Waals surface area contributed by atoms with Gasteiger partial charge in [-0.3, -0.25) is 0 Å². The average Bonchev–Trinajstić information content (AvgIpc) is 1.46. The minimum Gasteiger partial charge on any atom is -0.412 e. The van der Waals surface area contributed by atoms with Crippen LogP contribution < -0.4 is 0 Å². The van der Waals surface area contributed by atoms with Crippen LogP contribution in [0.5, 0.6) is 0 Å². The van der Waals surface area contributed by atoms with Gasteiger partial charge in [-0.1, -0.05) is 0 Å². The summed E-state index contributed by atoms with van der Waals surface area (Å²) in [6.45, 7) is 3.44. The van der Waals surface area contributed by atoms with E-state index >= 15 is 0 Å². The fourth-order valence-electron chi connectivity index (χ4n) is 0. The van der Waals surface area contributed by atoms with Crippen molar-refractivity contribution < 1.29 is 15.1 Å². The second-order valence-corrected chi connectivity index (χ2v) is 0.236. The molecule has 0 fully saturated rings. The summed E-state index contributed by atoms with van der Waals surface area (Å²) in [5.74, 6) is 0. The molecule has 0 radical (unpaired) electrons. The first kappa shape index (κ1) is 18.5. The Kier molecular flexibility index (Phi) is 1610. The van der Waals surface area contributed by atoms with Crippen LogP contribution >= 0.6 is 0 Å². The molecule has 0 heterocycles. The minimum atomic E-state index is 0. The topological polar surface area (TPSA) is 65.6 Å². The summed E-state index contributed by atoms with van der Waals surface area (Å²) in [7, 11) is 0.